The first kappa shape index (κ1) is 95.9. The largest absolute Gasteiger partial charge is 2.00 e. The van der Waals surface area contributed by atoms with Crippen LogP contribution in [0.15, 0.2) is 70.5 Å². The molecule has 4 aromatic carbocycles. The van der Waals surface area contributed by atoms with Gasteiger partial charge in [-0.3, -0.25) is 0 Å². The smallest absolute Gasteiger partial charge is 0.744 e. The van der Waals surface area contributed by atoms with Crippen LogP contribution in [0.4, 0.5) is 0 Å². The summed E-state index contributed by atoms with van der Waals surface area (Å²) >= 11 is 0. The molecule has 0 spiro atoms. The number of fused-ring (bicyclic) bond motifs is 2. The predicted octanol–water partition coefficient (Wildman–Crippen LogP) is 30.3. The van der Waals surface area contributed by atoms with Gasteiger partial charge in [0.15, 0.2) is 0 Å². The minimum absolute atomic E-state index is 0. The van der Waals surface area contributed by atoms with Gasteiger partial charge in [-0.15, -0.1) is 0 Å². The zero-order valence-electron chi connectivity index (χ0n) is 66.8. The van der Waals surface area contributed by atoms with E-state index in [0.717, 1.165) is 95.2 Å². The molecule has 0 aliphatic carbocycles. The van der Waals surface area contributed by atoms with Crippen molar-refractivity contribution in [1.82, 2.24) is 0 Å². The standard InChI is InChI=1S/2C46H80O3S.Ba/c2*1-3-5-7-9-11-13-15-17-19-21-23-25-27-29-31-33-39-44-43-38-36-35-37-42(43)41-46(50(47,48)49)45(44)40-34-32-30-28-26-24-22-20-18-16-14-12-10-8-6-4-2;/h2*35-38,41H,3-34,39-40H2,1-2H3,(H,47,48,49);/q;;+2/p-2. The summed E-state index contributed by atoms with van der Waals surface area (Å²) in [6.07, 6.45) is 88.1. The topological polar surface area (TPSA) is 114 Å². The van der Waals surface area contributed by atoms with E-state index in [1.54, 1.807) is 12.1 Å². The molecule has 6 nitrogen and oxygen atoms in total. The summed E-state index contributed by atoms with van der Waals surface area (Å²) in [7, 11) is -9.06. The quantitative estimate of drug-likeness (QED) is 0.0247. The molecule has 576 valence electrons. The molecule has 0 unspecified atom stereocenters. The molecule has 4 aromatic rings. The fourth-order valence-electron chi connectivity index (χ4n) is 15.8. The molecule has 0 heterocycles. The van der Waals surface area contributed by atoms with Gasteiger partial charge >= 0.3 is 48.9 Å². The summed E-state index contributed by atoms with van der Waals surface area (Å²) in [5.41, 5.74) is 3.85. The van der Waals surface area contributed by atoms with E-state index in [9.17, 15) is 25.9 Å². The van der Waals surface area contributed by atoms with Gasteiger partial charge in [0.1, 0.15) is 20.2 Å². The van der Waals surface area contributed by atoms with E-state index in [2.05, 4.69) is 39.8 Å². The molecule has 0 aliphatic heterocycles. The maximum absolute atomic E-state index is 12.5. The number of unbranched alkanes of at least 4 members (excludes halogenated alkanes) is 60. The second kappa shape index (κ2) is 67.0. The Kier molecular flexibility index (Phi) is 63.5. The first-order chi connectivity index (χ1) is 49.0. The Balaban J connectivity index is 0.000000680. The molecule has 0 N–H and O–H groups in total. The van der Waals surface area contributed by atoms with Crippen LogP contribution in [0.3, 0.4) is 0 Å². The second-order valence-electron chi connectivity index (χ2n) is 31.2. The number of benzene rings is 4. The summed E-state index contributed by atoms with van der Waals surface area (Å²) in [6.45, 7) is 9.13. The zero-order chi connectivity index (χ0) is 71.9. The average molecular weight is 1560 g/mol. The molecule has 0 aliphatic rings. The number of aryl methyl sites for hydroxylation is 2. The molecule has 0 fully saturated rings. The van der Waals surface area contributed by atoms with Crippen molar-refractivity contribution < 1.29 is 25.9 Å². The van der Waals surface area contributed by atoms with Gasteiger partial charge in [0.05, 0.1) is 9.79 Å². The van der Waals surface area contributed by atoms with Gasteiger partial charge in [-0.2, -0.15) is 0 Å². The van der Waals surface area contributed by atoms with E-state index < -0.39 is 20.2 Å². The third-order valence-electron chi connectivity index (χ3n) is 22.1. The Bertz CT molecular complexity index is 2570. The Morgan fingerprint density at radius 3 is 0.535 bits per heavy atom. The van der Waals surface area contributed by atoms with Crippen LogP contribution in [0.25, 0.3) is 21.5 Å². The van der Waals surface area contributed by atoms with E-state index in [4.69, 9.17) is 0 Å². The van der Waals surface area contributed by atoms with E-state index in [1.165, 1.54) is 372 Å². The van der Waals surface area contributed by atoms with Crippen molar-refractivity contribution in [2.45, 2.75) is 474 Å². The molecule has 101 heavy (non-hydrogen) atoms. The van der Waals surface area contributed by atoms with Crippen LogP contribution in [0, 0.1) is 0 Å². The van der Waals surface area contributed by atoms with E-state index in [0.29, 0.717) is 12.8 Å². The van der Waals surface area contributed by atoms with Crippen molar-refractivity contribution >= 4 is 90.7 Å². The first-order valence-corrected chi connectivity index (χ1v) is 46.8. The summed E-state index contributed by atoms with van der Waals surface area (Å²) in [4.78, 5) is 0.0623. The van der Waals surface area contributed by atoms with Gasteiger partial charge in [0, 0.05) is 0 Å². The van der Waals surface area contributed by atoms with Crippen molar-refractivity contribution in [2.24, 2.45) is 0 Å². The van der Waals surface area contributed by atoms with Crippen molar-refractivity contribution in [3.05, 3.63) is 82.9 Å². The van der Waals surface area contributed by atoms with Crippen LogP contribution in [-0.4, -0.2) is 74.8 Å². The van der Waals surface area contributed by atoms with Gasteiger partial charge in [-0.25, -0.2) is 16.8 Å². The SMILES string of the molecule is CCCCCCCCCCCCCCCCCCc1c(S(=O)(=O)[O-])cc2ccccc2c1CCCCCCCCCCCCCCCCCC.CCCCCCCCCCCCCCCCCCc1c(S(=O)(=O)[O-])cc2ccccc2c1CCCCCCCCCCCCCCCCCC.[Ba+2]. The van der Waals surface area contributed by atoms with Crippen LogP contribution in [-0.2, 0) is 45.9 Å². The summed E-state index contributed by atoms with van der Waals surface area (Å²) in [6, 6.07) is 19.4. The molecule has 0 radical (unpaired) electrons. The Hall–Kier alpha value is -1.21. The van der Waals surface area contributed by atoms with E-state index in [1.807, 2.05) is 36.4 Å². The third kappa shape index (κ3) is 49.5. The zero-order valence-corrected chi connectivity index (χ0v) is 72.9. The number of hydrogen-bond donors (Lipinski definition) is 0. The Morgan fingerprint density at radius 1 is 0.218 bits per heavy atom. The fraction of sp³-hybridized carbons (Fsp3) is 0.783. The van der Waals surface area contributed by atoms with Crippen LogP contribution < -0.4 is 0 Å². The number of rotatable bonds is 70. The fourth-order valence-corrected chi connectivity index (χ4v) is 17.4. The van der Waals surface area contributed by atoms with E-state index in [-0.39, 0.29) is 58.7 Å². The normalized spacial score (nSPS) is 11.9. The molecule has 0 saturated carbocycles. The van der Waals surface area contributed by atoms with Gasteiger partial charge in [-0.1, -0.05) is 461 Å². The van der Waals surface area contributed by atoms with Gasteiger partial charge in [-0.05, 0) is 107 Å². The van der Waals surface area contributed by atoms with Crippen molar-refractivity contribution in [1.29, 1.82) is 0 Å². The average Bonchev–Trinajstić information content (AvgIpc) is 0.779. The van der Waals surface area contributed by atoms with Crippen LogP contribution in [0.2, 0.25) is 0 Å². The summed E-state index contributed by atoms with van der Waals surface area (Å²) in [5, 5.41) is 4.02. The molecule has 9 heteroatoms. The van der Waals surface area contributed by atoms with Crippen LogP contribution in [0.1, 0.15) is 461 Å². The van der Waals surface area contributed by atoms with Crippen LogP contribution >= 0.6 is 0 Å². The molecular formula is C92H158BaO6S2. The van der Waals surface area contributed by atoms with Gasteiger partial charge < -0.3 is 9.11 Å². The molecule has 0 amide bonds. The second-order valence-corrected chi connectivity index (χ2v) is 33.9. The minimum Gasteiger partial charge on any atom is -0.744 e. The molecule has 0 bridgehead atoms. The summed E-state index contributed by atoms with van der Waals surface area (Å²) in [5.74, 6) is 0. The number of hydrogen-bond acceptors (Lipinski definition) is 6. The third-order valence-corrected chi connectivity index (χ3v) is 23.9. The molecule has 0 atom stereocenters. The molecule has 0 saturated heterocycles. The molecule has 0 aromatic heterocycles. The van der Waals surface area contributed by atoms with Crippen molar-refractivity contribution in [3.8, 4) is 0 Å². The van der Waals surface area contributed by atoms with Gasteiger partial charge in [0.25, 0.3) is 0 Å². The molecular weight excluding hydrogens is 1400 g/mol. The Morgan fingerprint density at radius 2 is 0.366 bits per heavy atom. The maximum atomic E-state index is 12.5. The maximum Gasteiger partial charge on any atom is 2.00 e. The van der Waals surface area contributed by atoms with Crippen molar-refractivity contribution in [3.63, 3.8) is 0 Å². The van der Waals surface area contributed by atoms with Crippen LogP contribution in [0.5, 0.6) is 0 Å². The van der Waals surface area contributed by atoms with Crippen molar-refractivity contribution in [2.75, 3.05) is 0 Å². The summed E-state index contributed by atoms with van der Waals surface area (Å²) < 4.78 is 74.9. The Labute approximate surface area is 667 Å². The molecule has 4 rings (SSSR count). The monoisotopic (exact) mass is 1560 g/mol. The first-order valence-electron chi connectivity index (χ1n) is 44.0. The van der Waals surface area contributed by atoms with E-state index >= 15 is 0 Å². The predicted molar refractivity (Wildman–Crippen MR) is 443 cm³/mol. The van der Waals surface area contributed by atoms with Gasteiger partial charge in [0.2, 0.25) is 0 Å². The minimum atomic E-state index is -4.53.